The molecule has 0 spiro atoms. The number of amides is 1. The summed E-state index contributed by atoms with van der Waals surface area (Å²) in [6.45, 7) is 2.68. The standard InChI is InChI=1S/C36H31BrN6O2S/c1-25(35(44)41-39-22-28-13-6-8-20-33(28)45-24-26-11-9-15-29(37)21-26)46-36-42-40-34(43(36)30-16-3-2-4-17-30)23-38-32-19-10-14-27-12-5-7-18-31(27)32/h2-22,25,38H,23-24H2,1H3,(H,41,44)/b39-22+/t25-/m1/s1. The number of ether oxygens (including phenoxy) is 1. The van der Waals surface area contributed by atoms with Crippen molar-refractivity contribution >= 4 is 56.3 Å². The molecule has 1 aromatic heterocycles. The summed E-state index contributed by atoms with van der Waals surface area (Å²) in [6, 6.07) is 39.9. The average Bonchev–Trinajstić information content (AvgIpc) is 3.49. The predicted octanol–water partition coefficient (Wildman–Crippen LogP) is 8.01. The zero-order valence-corrected chi connectivity index (χ0v) is 27.4. The second-order valence-electron chi connectivity index (χ2n) is 10.4. The minimum Gasteiger partial charge on any atom is -0.488 e. The van der Waals surface area contributed by atoms with Crippen LogP contribution in [0.15, 0.2) is 136 Å². The molecular formula is C36H31BrN6O2S. The Morgan fingerprint density at radius 3 is 2.57 bits per heavy atom. The van der Waals surface area contributed by atoms with Gasteiger partial charge in [-0.2, -0.15) is 5.10 Å². The Morgan fingerprint density at radius 2 is 1.70 bits per heavy atom. The number of rotatable bonds is 12. The van der Waals surface area contributed by atoms with Gasteiger partial charge in [-0.25, -0.2) is 5.43 Å². The zero-order valence-electron chi connectivity index (χ0n) is 25.0. The Balaban J connectivity index is 1.13. The molecule has 1 atom stereocenters. The molecule has 0 aliphatic carbocycles. The molecule has 0 aliphatic heterocycles. The third kappa shape index (κ3) is 7.64. The highest BCUT2D eigenvalue weighted by atomic mass is 79.9. The van der Waals surface area contributed by atoms with Crippen molar-refractivity contribution in [1.29, 1.82) is 0 Å². The predicted molar refractivity (Wildman–Crippen MR) is 189 cm³/mol. The van der Waals surface area contributed by atoms with E-state index in [0.717, 1.165) is 43.6 Å². The maximum atomic E-state index is 13.1. The molecule has 0 fully saturated rings. The number of hydrogen-bond acceptors (Lipinski definition) is 7. The van der Waals surface area contributed by atoms with E-state index >= 15 is 0 Å². The maximum absolute atomic E-state index is 13.1. The lowest BCUT2D eigenvalue weighted by atomic mass is 10.1. The van der Waals surface area contributed by atoms with Gasteiger partial charge in [-0.05, 0) is 60.3 Å². The van der Waals surface area contributed by atoms with E-state index in [-0.39, 0.29) is 5.91 Å². The molecule has 0 aliphatic rings. The van der Waals surface area contributed by atoms with E-state index in [2.05, 4.69) is 66.2 Å². The zero-order chi connectivity index (χ0) is 31.7. The molecule has 5 aromatic carbocycles. The topological polar surface area (TPSA) is 93.4 Å². The van der Waals surface area contributed by atoms with Crippen LogP contribution in [0.2, 0.25) is 0 Å². The number of para-hydroxylation sites is 2. The number of nitrogens with zero attached hydrogens (tertiary/aromatic N) is 4. The normalized spacial score (nSPS) is 11.9. The first kappa shape index (κ1) is 31.1. The summed E-state index contributed by atoms with van der Waals surface area (Å²) in [7, 11) is 0. The van der Waals surface area contributed by atoms with E-state index < -0.39 is 5.25 Å². The summed E-state index contributed by atoms with van der Waals surface area (Å²) in [4.78, 5) is 13.1. The summed E-state index contributed by atoms with van der Waals surface area (Å²) in [6.07, 6.45) is 1.59. The summed E-state index contributed by atoms with van der Waals surface area (Å²) in [5.41, 5.74) is 6.39. The fourth-order valence-corrected chi connectivity index (χ4v) is 6.18. The highest BCUT2D eigenvalue weighted by Gasteiger charge is 2.21. The monoisotopic (exact) mass is 690 g/mol. The number of benzene rings is 5. The summed E-state index contributed by atoms with van der Waals surface area (Å²) < 4.78 is 9.01. The van der Waals surface area contributed by atoms with Gasteiger partial charge < -0.3 is 10.1 Å². The molecule has 8 nitrogen and oxygen atoms in total. The number of hydrogen-bond donors (Lipinski definition) is 2. The summed E-state index contributed by atoms with van der Waals surface area (Å²) >= 11 is 4.81. The number of halogens is 1. The van der Waals surface area contributed by atoms with E-state index in [4.69, 9.17) is 4.74 Å². The summed E-state index contributed by atoms with van der Waals surface area (Å²) in [5.74, 6) is 1.14. The first-order valence-electron chi connectivity index (χ1n) is 14.7. The number of nitrogens with one attached hydrogen (secondary N) is 2. The third-order valence-corrected chi connectivity index (χ3v) is 8.71. The van der Waals surface area contributed by atoms with Crippen molar-refractivity contribution in [2.24, 2.45) is 5.10 Å². The van der Waals surface area contributed by atoms with E-state index in [9.17, 15) is 4.79 Å². The van der Waals surface area contributed by atoms with Crippen molar-refractivity contribution in [3.63, 3.8) is 0 Å². The molecule has 1 heterocycles. The highest BCUT2D eigenvalue weighted by molar-refractivity contribution is 9.10. The quantitative estimate of drug-likeness (QED) is 0.0768. The van der Waals surface area contributed by atoms with Gasteiger partial charge in [-0.15, -0.1) is 10.2 Å². The van der Waals surface area contributed by atoms with E-state index in [1.165, 1.54) is 11.8 Å². The van der Waals surface area contributed by atoms with Gasteiger partial charge >= 0.3 is 0 Å². The lowest BCUT2D eigenvalue weighted by Crippen LogP contribution is -2.27. The second-order valence-corrected chi connectivity index (χ2v) is 12.6. The molecule has 1 amide bonds. The molecule has 0 saturated heterocycles. The number of anilines is 1. The number of aromatic nitrogens is 3. The SMILES string of the molecule is C[C@@H](Sc1nnc(CNc2cccc3ccccc23)n1-c1ccccc1)C(=O)N/N=C/c1ccccc1OCc1cccc(Br)c1. The number of hydrazone groups is 1. The van der Waals surface area contributed by atoms with Crippen LogP contribution in [0, 0.1) is 0 Å². The van der Waals surface area contributed by atoms with E-state index in [1.54, 1.807) is 6.21 Å². The van der Waals surface area contributed by atoms with Gasteiger partial charge in [0.05, 0.1) is 18.0 Å². The van der Waals surface area contributed by atoms with Crippen LogP contribution in [0.1, 0.15) is 23.9 Å². The van der Waals surface area contributed by atoms with Gasteiger partial charge in [0.2, 0.25) is 0 Å². The van der Waals surface area contributed by atoms with Gasteiger partial charge in [0.25, 0.3) is 5.91 Å². The van der Waals surface area contributed by atoms with Crippen molar-refractivity contribution in [3.05, 3.63) is 143 Å². The largest absolute Gasteiger partial charge is 0.488 e. The molecule has 6 aromatic rings. The molecule has 0 bridgehead atoms. The number of carbonyl (C=O) groups excluding carboxylic acids is 1. The fraction of sp³-hybridized carbons (Fsp3) is 0.111. The van der Waals surface area contributed by atoms with Crippen molar-refractivity contribution in [1.82, 2.24) is 20.2 Å². The Bertz CT molecular complexity index is 1980. The van der Waals surface area contributed by atoms with Crippen LogP contribution in [-0.2, 0) is 17.9 Å². The van der Waals surface area contributed by atoms with Crippen LogP contribution in [-0.4, -0.2) is 32.1 Å². The molecule has 6 rings (SSSR count). The van der Waals surface area contributed by atoms with Gasteiger partial charge in [-0.1, -0.05) is 107 Å². The Kier molecular flexibility index (Phi) is 10.1. The molecule has 230 valence electrons. The highest BCUT2D eigenvalue weighted by Crippen LogP contribution is 2.28. The number of thioether (sulfide) groups is 1. The minimum atomic E-state index is -0.495. The van der Waals surface area contributed by atoms with Gasteiger partial charge in [-0.3, -0.25) is 9.36 Å². The van der Waals surface area contributed by atoms with E-state index in [1.807, 2.05) is 109 Å². The smallest absolute Gasteiger partial charge is 0.253 e. The lowest BCUT2D eigenvalue weighted by molar-refractivity contribution is -0.120. The van der Waals surface area contributed by atoms with Crippen molar-refractivity contribution in [2.75, 3.05) is 5.32 Å². The Morgan fingerprint density at radius 1 is 0.935 bits per heavy atom. The molecule has 0 radical (unpaired) electrons. The fourth-order valence-electron chi connectivity index (χ4n) is 4.86. The molecule has 10 heteroatoms. The average molecular weight is 692 g/mol. The van der Waals surface area contributed by atoms with Crippen LogP contribution in [0.4, 0.5) is 5.69 Å². The van der Waals surface area contributed by atoms with Gasteiger partial charge in [0, 0.05) is 26.8 Å². The second kappa shape index (κ2) is 14.9. The minimum absolute atomic E-state index is 0.258. The first-order valence-corrected chi connectivity index (χ1v) is 16.4. The van der Waals surface area contributed by atoms with Crippen LogP contribution < -0.4 is 15.5 Å². The van der Waals surface area contributed by atoms with Crippen molar-refractivity contribution in [2.45, 2.75) is 30.5 Å². The lowest BCUT2D eigenvalue weighted by Gasteiger charge is -2.14. The van der Waals surface area contributed by atoms with Gasteiger partial charge in [0.15, 0.2) is 11.0 Å². The molecular weight excluding hydrogens is 660 g/mol. The van der Waals surface area contributed by atoms with Crippen LogP contribution >= 0.6 is 27.7 Å². The van der Waals surface area contributed by atoms with Crippen molar-refractivity contribution < 1.29 is 9.53 Å². The molecule has 0 saturated carbocycles. The maximum Gasteiger partial charge on any atom is 0.253 e. The first-order chi connectivity index (χ1) is 22.5. The Hall–Kier alpha value is -4.93. The number of carbonyl (C=O) groups is 1. The summed E-state index contributed by atoms with van der Waals surface area (Å²) in [5, 5.41) is 19.2. The molecule has 46 heavy (non-hydrogen) atoms. The van der Waals surface area contributed by atoms with Crippen LogP contribution in [0.25, 0.3) is 16.5 Å². The van der Waals surface area contributed by atoms with Crippen LogP contribution in [0.5, 0.6) is 5.75 Å². The van der Waals surface area contributed by atoms with E-state index in [0.29, 0.717) is 24.1 Å². The number of fused-ring (bicyclic) bond motifs is 1. The molecule has 2 N–H and O–H groups in total. The van der Waals surface area contributed by atoms with Gasteiger partial charge in [0.1, 0.15) is 12.4 Å². The Labute approximate surface area is 280 Å². The third-order valence-electron chi connectivity index (χ3n) is 7.17. The van der Waals surface area contributed by atoms with Crippen molar-refractivity contribution in [3.8, 4) is 11.4 Å². The molecule has 0 unspecified atom stereocenters. The van der Waals surface area contributed by atoms with Crippen LogP contribution in [0.3, 0.4) is 0 Å².